The van der Waals surface area contributed by atoms with Crippen molar-refractivity contribution in [3.8, 4) is 0 Å². The molecule has 0 aliphatic heterocycles. The van der Waals surface area contributed by atoms with Gasteiger partial charge in [0.2, 0.25) is 0 Å². The van der Waals surface area contributed by atoms with Crippen LogP contribution in [0.2, 0.25) is 0 Å². The van der Waals surface area contributed by atoms with Crippen LogP contribution in [0, 0.1) is 13.8 Å². The first kappa shape index (κ1) is 9.42. The highest BCUT2D eigenvalue weighted by Gasteiger charge is 2.09. The molecule has 0 saturated carbocycles. The first-order valence-corrected chi connectivity index (χ1v) is 4.95. The van der Waals surface area contributed by atoms with Gasteiger partial charge in [0.1, 0.15) is 5.58 Å². The molecule has 0 spiro atoms. The van der Waals surface area contributed by atoms with Gasteiger partial charge in [0, 0.05) is 5.39 Å². The van der Waals surface area contributed by atoms with Gasteiger partial charge in [-0.05, 0) is 36.3 Å². The van der Waals surface area contributed by atoms with Crippen molar-refractivity contribution in [2.75, 3.05) is 0 Å². The molecule has 0 aliphatic carbocycles. The minimum atomic E-state index is 0.386. The summed E-state index contributed by atoms with van der Waals surface area (Å²) in [6.45, 7) is 4.03. The molecular formula is C11H11O2P. The van der Waals surface area contributed by atoms with Crippen LogP contribution in [0.25, 0.3) is 11.0 Å². The SMILES string of the molecule is Cc1cc(C)c2oc(C=O)cc2c1P. The van der Waals surface area contributed by atoms with E-state index in [1.54, 1.807) is 6.07 Å². The summed E-state index contributed by atoms with van der Waals surface area (Å²) in [6, 6.07) is 3.84. The Morgan fingerprint density at radius 1 is 1.29 bits per heavy atom. The van der Waals surface area contributed by atoms with Crippen molar-refractivity contribution in [1.29, 1.82) is 0 Å². The first-order chi connectivity index (χ1) is 6.63. The van der Waals surface area contributed by atoms with Crippen molar-refractivity contribution in [3.05, 3.63) is 29.0 Å². The summed E-state index contributed by atoms with van der Waals surface area (Å²) in [5, 5.41) is 2.11. The Balaban J connectivity index is 2.90. The van der Waals surface area contributed by atoms with Crippen LogP contribution in [0.1, 0.15) is 21.7 Å². The topological polar surface area (TPSA) is 30.2 Å². The molecule has 1 atom stereocenters. The van der Waals surface area contributed by atoms with Gasteiger partial charge in [0.15, 0.2) is 12.0 Å². The standard InChI is InChI=1S/C11H11O2P/c1-6-3-7(2)11(14)9-4-8(5-12)13-10(6)9/h3-5H,14H2,1-2H3. The van der Waals surface area contributed by atoms with E-state index in [0.29, 0.717) is 5.76 Å². The molecule has 0 amide bonds. The molecule has 0 N–H and O–H groups in total. The van der Waals surface area contributed by atoms with Crippen LogP contribution in [-0.2, 0) is 0 Å². The second-order valence-electron chi connectivity index (χ2n) is 3.43. The quantitative estimate of drug-likeness (QED) is 0.529. The highest BCUT2D eigenvalue weighted by atomic mass is 31.0. The van der Waals surface area contributed by atoms with Crippen LogP contribution in [0.4, 0.5) is 0 Å². The average molecular weight is 206 g/mol. The second-order valence-corrected chi connectivity index (χ2v) is 4.01. The fraction of sp³-hybridized carbons (Fsp3) is 0.182. The maximum absolute atomic E-state index is 10.6. The maximum atomic E-state index is 10.6. The monoisotopic (exact) mass is 206 g/mol. The zero-order chi connectivity index (χ0) is 10.3. The summed E-state index contributed by atoms with van der Waals surface area (Å²) in [4.78, 5) is 10.6. The van der Waals surface area contributed by atoms with Gasteiger partial charge < -0.3 is 4.42 Å². The lowest BCUT2D eigenvalue weighted by Crippen LogP contribution is -1.98. The second kappa shape index (κ2) is 3.21. The summed E-state index contributed by atoms with van der Waals surface area (Å²) >= 11 is 0. The van der Waals surface area contributed by atoms with E-state index in [2.05, 4.69) is 15.3 Å². The van der Waals surface area contributed by atoms with E-state index in [0.717, 1.165) is 28.1 Å². The largest absolute Gasteiger partial charge is 0.453 e. The molecule has 2 rings (SSSR count). The van der Waals surface area contributed by atoms with Crippen molar-refractivity contribution in [1.82, 2.24) is 0 Å². The summed E-state index contributed by atoms with van der Waals surface area (Å²) in [5.41, 5.74) is 3.07. The average Bonchev–Trinajstić information content (AvgIpc) is 2.58. The Morgan fingerprint density at radius 3 is 2.64 bits per heavy atom. The molecule has 0 radical (unpaired) electrons. The van der Waals surface area contributed by atoms with E-state index in [4.69, 9.17) is 4.42 Å². The van der Waals surface area contributed by atoms with E-state index >= 15 is 0 Å². The van der Waals surface area contributed by atoms with Crippen LogP contribution in [-0.4, -0.2) is 6.29 Å². The lowest BCUT2D eigenvalue weighted by Gasteiger charge is -2.02. The van der Waals surface area contributed by atoms with Crippen molar-refractivity contribution >= 4 is 31.8 Å². The summed E-state index contributed by atoms with van der Waals surface area (Å²) in [5.74, 6) is 0.386. The van der Waals surface area contributed by atoms with Crippen LogP contribution < -0.4 is 5.30 Å². The highest BCUT2D eigenvalue weighted by Crippen LogP contribution is 2.23. The number of aldehydes is 1. The molecule has 0 bridgehead atoms. The molecule has 2 nitrogen and oxygen atoms in total. The smallest absolute Gasteiger partial charge is 0.185 e. The third kappa shape index (κ3) is 1.27. The van der Waals surface area contributed by atoms with Gasteiger partial charge in [-0.1, -0.05) is 6.07 Å². The molecule has 1 aromatic heterocycles. The molecule has 14 heavy (non-hydrogen) atoms. The van der Waals surface area contributed by atoms with Gasteiger partial charge in [-0.3, -0.25) is 4.79 Å². The van der Waals surface area contributed by atoms with Gasteiger partial charge >= 0.3 is 0 Å². The van der Waals surface area contributed by atoms with Gasteiger partial charge in [-0.15, -0.1) is 9.24 Å². The normalized spacial score (nSPS) is 10.8. The van der Waals surface area contributed by atoms with Crippen LogP contribution in [0.3, 0.4) is 0 Å². The predicted octanol–water partition coefficient (Wildman–Crippen LogP) is 2.36. The van der Waals surface area contributed by atoms with E-state index in [9.17, 15) is 4.79 Å². The number of carbonyl (C=O) groups is 1. The molecule has 72 valence electrons. The lowest BCUT2D eigenvalue weighted by atomic mass is 10.1. The minimum absolute atomic E-state index is 0.386. The van der Waals surface area contributed by atoms with E-state index in [-0.39, 0.29) is 0 Å². The van der Waals surface area contributed by atoms with Gasteiger partial charge in [0.25, 0.3) is 0 Å². The van der Waals surface area contributed by atoms with Gasteiger partial charge in [-0.25, -0.2) is 0 Å². The molecular weight excluding hydrogens is 195 g/mol. The molecule has 1 unspecified atom stereocenters. The summed E-state index contributed by atoms with van der Waals surface area (Å²) in [7, 11) is 2.68. The minimum Gasteiger partial charge on any atom is -0.453 e. The number of benzene rings is 1. The van der Waals surface area contributed by atoms with E-state index < -0.39 is 0 Å². The van der Waals surface area contributed by atoms with Crippen LogP contribution in [0.5, 0.6) is 0 Å². The van der Waals surface area contributed by atoms with Crippen molar-refractivity contribution in [3.63, 3.8) is 0 Å². The third-order valence-electron chi connectivity index (χ3n) is 2.37. The van der Waals surface area contributed by atoms with E-state index in [1.165, 1.54) is 5.56 Å². The molecule has 1 heterocycles. The molecule has 3 heteroatoms. The summed E-state index contributed by atoms with van der Waals surface area (Å²) in [6.07, 6.45) is 0.735. The lowest BCUT2D eigenvalue weighted by molar-refractivity contribution is 0.110. The van der Waals surface area contributed by atoms with Crippen LogP contribution >= 0.6 is 9.24 Å². The molecule has 0 aliphatic rings. The van der Waals surface area contributed by atoms with E-state index in [1.807, 2.05) is 13.8 Å². The van der Waals surface area contributed by atoms with Crippen molar-refractivity contribution in [2.24, 2.45) is 0 Å². The highest BCUT2D eigenvalue weighted by molar-refractivity contribution is 7.28. The Bertz CT molecular complexity index is 511. The molecule has 1 aromatic carbocycles. The van der Waals surface area contributed by atoms with Crippen LogP contribution in [0.15, 0.2) is 16.5 Å². The molecule has 0 saturated heterocycles. The zero-order valence-electron chi connectivity index (χ0n) is 8.13. The fourth-order valence-electron chi connectivity index (χ4n) is 1.64. The first-order valence-electron chi connectivity index (χ1n) is 4.38. The zero-order valence-corrected chi connectivity index (χ0v) is 9.28. The maximum Gasteiger partial charge on any atom is 0.185 e. The number of carbonyl (C=O) groups excluding carboxylic acids is 1. The third-order valence-corrected chi connectivity index (χ3v) is 3.14. The number of rotatable bonds is 1. The summed E-state index contributed by atoms with van der Waals surface area (Å²) < 4.78 is 5.40. The Kier molecular flexibility index (Phi) is 2.16. The molecule has 0 fully saturated rings. The number of furan rings is 1. The number of aryl methyl sites for hydroxylation is 2. The van der Waals surface area contributed by atoms with Gasteiger partial charge in [-0.2, -0.15) is 0 Å². The van der Waals surface area contributed by atoms with Gasteiger partial charge in [0.05, 0.1) is 0 Å². The Morgan fingerprint density at radius 2 is 2.00 bits per heavy atom. The predicted molar refractivity (Wildman–Crippen MR) is 60.4 cm³/mol. The van der Waals surface area contributed by atoms with Crippen molar-refractivity contribution in [2.45, 2.75) is 13.8 Å². The molecule has 2 aromatic rings. The Hall–Kier alpha value is -1.14. The number of hydrogen-bond acceptors (Lipinski definition) is 2. The fourth-order valence-corrected chi connectivity index (χ4v) is 1.94. The Labute approximate surface area is 84.5 Å². The van der Waals surface area contributed by atoms with Crippen molar-refractivity contribution < 1.29 is 9.21 Å². The number of fused-ring (bicyclic) bond motifs is 1. The number of hydrogen-bond donors (Lipinski definition) is 0.